The van der Waals surface area contributed by atoms with Crippen molar-refractivity contribution in [3.05, 3.63) is 32.2 Å². The number of ether oxygens (including phenoxy) is 2. The molecule has 17 heavy (non-hydrogen) atoms. The second-order valence-electron chi connectivity index (χ2n) is 3.82. The zero-order chi connectivity index (χ0) is 12.2. The molecular weight excluding hydrogens is 306 g/mol. The van der Waals surface area contributed by atoms with Crippen LogP contribution in [0.1, 0.15) is 6.42 Å². The summed E-state index contributed by atoms with van der Waals surface area (Å²) in [7, 11) is 0. The van der Waals surface area contributed by atoms with Crippen molar-refractivity contribution in [3.63, 3.8) is 0 Å². The lowest BCUT2D eigenvalue weighted by Gasteiger charge is -2.31. The van der Waals surface area contributed by atoms with Gasteiger partial charge in [-0.1, -0.05) is 52.5 Å². The standard InChI is InChI=1S/C11H6Cl4O2/c12-6-7(13)9(15)11-10(8(6)14)16-4-2-1-3-5(4)17-11/h1-2,4-5H,3H2/t4-,5-/m0/s1. The normalized spacial score (nSPS) is 24.9. The fourth-order valence-corrected chi connectivity index (χ4v) is 2.83. The van der Waals surface area contributed by atoms with Crippen LogP contribution in [0.25, 0.3) is 0 Å². The Morgan fingerprint density at radius 1 is 0.882 bits per heavy atom. The van der Waals surface area contributed by atoms with Gasteiger partial charge < -0.3 is 9.47 Å². The number of hydrogen-bond acceptors (Lipinski definition) is 2. The highest BCUT2D eigenvalue weighted by Crippen LogP contribution is 2.53. The van der Waals surface area contributed by atoms with E-state index in [-0.39, 0.29) is 32.3 Å². The van der Waals surface area contributed by atoms with E-state index in [4.69, 9.17) is 55.9 Å². The molecule has 0 unspecified atom stereocenters. The molecule has 0 bridgehead atoms. The van der Waals surface area contributed by atoms with Gasteiger partial charge in [-0.05, 0) is 6.08 Å². The zero-order valence-electron chi connectivity index (χ0n) is 8.34. The summed E-state index contributed by atoms with van der Waals surface area (Å²) < 4.78 is 11.5. The van der Waals surface area contributed by atoms with Gasteiger partial charge in [0.2, 0.25) is 0 Å². The molecule has 3 rings (SSSR count). The van der Waals surface area contributed by atoms with E-state index in [0.717, 1.165) is 6.42 Å². The quantitative estimate of drug-likeness (QED) is 0.390. The molecule has 0 fully saturated rings. The molecule has 2 aliphatic rings. The Hall–Kier alpha value is -0.280. The third-order valence-electron chi connectivity index (χ3n) is 2.77. The largest absolute Gasteiger partial charge is 0.480 e. The number of benzene rings is 1. The summed E-state index contributed by atoms with van der Waals surface area (Å²) in [5.41, 5.74) is 0. The fourth-order valence-electron chi connectivity index (χ4n) is 1.92. The molecular formula is C11H6Cl4O2. The van der Waals surface area contributed by atoms with Crippen LogP contribution in [0.5, 0.6) is 11.5 Å². The van der Waals surface area contributed by atoms with Gasteiger partial charge in [0.05, 0.1) is 10.0 Å². The van der Waals surface area contributed by atoms with E-state index in [0.29, 0.717) is 11.5 Å². The summed E-state index contributed by atoms with van der Waals surface area (Å²) >= 11 is 24.1. The average molecular weight is 312 g/mol. The maximum absolute atomic E-state index is 6.08. The summed E-state index contributed by atoms with van der Waals surface area (Å²) in [4.78, 5) is 0. The molecule has 90 valence electrons. The maximum Gasteiger partial charge on any atom is 0.184 e. The van der Waals surface area contributed by atoms with E-state index in [9.17, 15) is 0 Å². The van der Waals surface area contributed by atoms with E-state index in [1.807, 2.05) is 12.2 Å². The highest BCUT2D eigenvalue weighted by molar-refractivity contribution is 6.53. The Bertz CT molecular complexity index is 527. The van der Waals surface area contributed by atoms with Gasteiger partial charge in [-0.15, -0.1) is 0 Å². The van der Waals surface area contributed by atoms with Crippen molar-refractivity contribution in [1.29, 1.82) is 0 Å². The molecule has 1 aromatic rings. The molecule has 0 aromatic heterocycles. The predicted molar refractivity (Wildman–Crippen MR) is 69.1 cm³/mol. The Kier molecular flexibility index (Phi) is 2.86. The van der Waals surface area contributed by atoms with Gasteiger partial charge in [0, 0.05) is 6.42 Å². The topological polar surface area (TPSA) is 18.5 Å². The van der Waals surface area contributed by atoms with Crippen molar-refractivity contribution in [1.82, 2.24) is 0 Å². The minimum Gasteiger partial charge on any atom is -0.480 e. The Morgan fingerprint density at radius 3 is 2.12 bits per heavy atom. The highest BCUT2D eigenvalue weighted by Gasteiger charge is 2.36. The summed E-state index contributed by atoms with van der Waals surface area (Å²) in [6, 6.07) is 0. The summed E-state index contributed by atoms with van der Waals surface area (Å²) in [6.45, 7) is 0. The molecule has 0 saturated carbocycles. The molecule has 2 nitrogen and oxygen atoms in total. The van der Waals surface area contributed by atoms with Crippen LogP contribution in [0.4, 0.5) is 0 Å². The number of fused-ring (bicyclic) bond motifs is 2. The van der Waals surface area contributed by atoms with Gasteiger partial charge in [-0.3, -0.25) is 0 Å². The zero-order valence-corrected chi connectivity index (χ0v) is 11.4. The van der Waals surface area contributed by atoms with Crippen molar-refractivity contribution in [2.24, 2.45) is 0 Å². The third kappa shape index (κ3) is 1.70. The smallest absolute Gasteiger partial charge is 0.184 e. The minimum absolute atomic E-state index is 0.0756. The molecule has 2 atom stereocenters. The Morgan fingerprint density at radius 2 is 1.47 bits per heavy atom. The van der Waals surface area contributed by atoms with Crippen LogP contribution < -0.4 is 9.47 Å². The van der Waals surface area contributed by atoms with Gasteiger partial charge in [-0.25, -0.2) is 0 Å². The van der Waals surface area contributed by atoms with Crippen LogP contribution in [0.3, 0.4) is 0 Å². The summed E-state index contributed by atoms with van der Waals surface area (Å²) in [5, 5.41) is 0.836. The van der Waals surface area contributed by atoms with Crippen molar-refractivity contribution in [2.45, 2.75) is 18.6 Å². The predicted octanol–water partition coefficient (Wildman–Crippen LogP) is 4.77. The number of halogens is 4. The van der Waals surface area contributed by atoms with Crippen LogP contribution >= 0.6 is 46.4 Å². The Labute approximate surface area is 118 Å². The van der Waals surface area contributed by atoms with Crippen LogP contribution in [0, 0.1) is 0 Å². The van der Waals surface area contributed by atoms with Crippen molar-refractivity contribution >= 4 is 46.4 Å². The second-order valence-corrected chi connectivity index (χ2v) is 5.33. The molecule has 0 spiro atoms. The second kappa shape index (κ2) is 4.13. The van der Waals surface area contributed by atoms with Crippen LogP contribution in [-0.4, -0.2) is 12.2 Å². The molecule has 0 saturated heterocycles. The fraction of sp³-hybridized carbons (Fsp3) is 0.273. The van der Waals surface area contributed by atoms with Gasteiger partial charge in [-0.2, -0.15) is 0 Å². The molecule has 0 N–H and O–H groups in total. The molecule has 1 aromatic carbocycles. The van der Waals surface area contributed by atoms with Crippen molar-refractivity contribution < 1.29 is 9.47 Å². The first-order valence-electron chi connectivity index (χ1n) is 4.95. The molecule has 1 aliphatic carbocycles. The molecule has 1 heterocycles. The van der Waals surface area contributed by atoms with E-state index >= 15 is 0 Å². The molecule has 6 heteroatoms. The number of hydrogen-bond donors (Lipinski definition) is 0. The van der Waals surface area contributed by atoms with Gasteiger partial charge in [0.25, 0.3) is 0 Å². The maximum atomic E-state index is 6.08. The van der Waals surface area contributed by atoms with Gasteiger partial charge in [0.1, 0.15) is 16.1 Å². The molecule has 0 amide bonds. The molecule has 0 radical (unpaired) electrons. The van der Waals surface area contributed by atoms with Gasteiger partial charge >= 0.3 is 0 Å². The summed E-state index contributed by atoms with van der Waals surface area (Å²) in [6.07, 6.45) is 4.48. The van der Waals surface area contributed by atoms with Gasteiger partial charge in [0.15, 0.2) is 17.6 Å². The van der Waals surface area contributed by atoms with E-state index in [2.05, 4.69) is 0 Å². The summed E-state index contributed by atoms with van der Waals surface area (Å²) in [5.74, 6) is 0.731. The lowest BCUT2D eigenvalue weighted by molar-refractivity contribution is 0.0592. The van der Waals surface area contributed by atoms with E-state index < -0.39 is 0 Å². The van der Waals surface area contributed by atoms with Crippen molar-refractivity contribution in [2.75, 3.05) is 0 Å². The van der Waals surface area contributed by atoms with E-state index in [1.165, 1.54) is 0 Å². The van der Waals surface area contributed by atoms with Crippen LogP contribution in [0.15, 0.2) is 12.2 Å². The first-order chi connectivity index (χ1) is 8.09. The lowest BCUT2D eigenvalue weighted by atomic mass is 10.2. The van der Waals surface area contributed by atoms with Crippen LogP contribution in [0.2, 0.25) is 20.1 Å². The monoisotopic (exact) mass is 310 g/mol. The average Bonchev–Trinajstić information content (AvgIpc) is 2.79. The van der Waals surface area contributed by atoms with Crippen molar-refractivity contribution in [3.8, 4) is 11.5 Å². The van der Waals surface area contributed by atoms with Crippen LogP contribution in [-0.2, 0) is 0 Å². The Balaban J connectivity index is 2.17. The number of rotatable bonds is 0. The SMILES string of the molecule is Clc1c(Cl)c(Cl)c2c(c1Cl)O[C@H]1C=CC[C@@H]1O2. The van der Waals surface area contributed by atoms with E-state index in [1.54, 1.807) is 0 Å². The lowest BCUT2D eigenvalue weighted by Crippen LogP contribution is -2.35. The molecule has 1 aliphatic heterocycles. The third-order valence-corrected chi connectivity index (χ3v) is 4.53. The minimum atomic E-state index is -0.145. The highest BCUT2D eigenvalue weighted by atomic mass is 35.5. The first-order valence-corrected chi connectivity index (χ1v) is 6.46. The first kappa shape index (κ1) is 11.8.